The molecule has 2 heterocycles. The Balaban J connectivity index is 2.04. The minimum absolute atomic E-state index is 0.198. The fourth-order valence-corrected chi connectivity index (χ4v) is 1.55. The van der Waals surface area contributed by atoms with Gasteiger partial charge < -0.3 is 10.6 Å². The molecule has 2 aromatic rings. The van der Waals surface area contributed by atoms with Crippen LogP contribution in [0.25, 0.3) is 0 Å². The number of carbonyl (C=O) groups excluding carboxylic acids is 1. The Bertz CT molecular complexity index is 537. The Morgan fingerprint density at radius 1 is 1.21 bits per heavy atom. The second-order valence-corrected chi connectivity index (χ2v) is 4.43. The van der Waals surface area contributed by atoms with Crippen LogP contribution in [0.5, 0.6) is 0 Å². The first-order valence-electron chi connectivity index (χ1n) is 6.09. The number of anilines is 2. The summed E-state index contributed by atoms with van der Waals surface area (Å²) >= 11 is 0. The fourth-order valence-electron chi connectivity index (χ4n) is 1.55. The molecule has 0 aliphatic carbocycles. The van der Waals surface area contributed by atoms with Gasteiger partial charge in [-0.2, -0.15) is 0 Å². The molecule has 0 radical (unpaired) electrons. The van der Waals surface area contributed by atoms with Crippen LogP contribution in [0.15, 0.2) is 42.9 Å². The smallest absolute Gasteiger partial charge is 0.257 e. The summed E-state index contributed by atoms with van der Waals surface area (Å²) in [5.41, 5.74) is 1.18. The molecule has 0 saturated carbocycles. The third-order valence-corrected chi connectivity index (χ3v) is 2.38. The number of hydrogen-bond donors (Lipinski definition) is 2. The molecule has 2 rings (SSSR count). The quantitative estimate of drug-likeness (QED) is 0.882. The summed E-state index contributed by atoms with van der Waals surface area (Å²) in [4.78, 5) is 20.1. The SMILES string of the molecule is CC(C)Nc1ccc(C(=O)Nc2cccnc2)cn1. The van der Waals surface area contributed by atoms with E-state index >= 15 is 0 Å². The summed E-state index contributed by atoms with van der Waals surface area (Å²) < 4.78 is 0. The van der Waals surface area contributed by atoms with Gasteiger partial charge in [-0.25, -0.2) is 4.98 Å². The van der Waals surface area contributed by atoms with E-state index < -0.39 is 0 Å². The van der Waals surface area contributed by atoms with E-state index in [0.717, 1.165) is 5.82 Å². The summed E-state index contributed by atoms with van der Waals surface area (Å²) in [6.07, 6.45) is 4.81. The van der Waals surface area contributed by atoms with Gasteiger partial charge in [-0.3, -0.25) is 9.78 Å². The van der Waals surface area contributed by atoms with Crippen LogP contribution in [-0.2, 0) is 0 Å². The van der Waals surface area contributed by atoms with Gasteiger partial charge >= 0.3 is 0 Å². The number of nitrogens with one attached hydrogen (secondary N) is 2. The van der Waals surface area contributed by atoms with Crippen LogP contribution >= 0.6 is 0 Å². The average Bonchev–Trinajstić information content (AvgIpc) is 2.40. The average molecular weight is 256 g/mol. The molecule has 0 aromatic carbocycles. The summed E-state index contributed by atoms with van der Waals surface area (Å²) in [5, 5.41) is 5.92. The molecule has 0 aliphatic rings. The Hall–Kier alpha value is -2.43. The van der Waals surface area contributed by atoms with Crippen molar-refractivity contribution in [2.45, 2.75) is 19.9 Å². The molecule has 5 nitrogen and oxygen atoms in total. The van der Waals surface area contributed by atoms with Crippen LogP contribution in [0.3, 0.4) is 0 Å². The van der Waals surface area contributed by atoms with Gasteiger partial charge in [0.25, 0.3) is 5.91 Å². The van der Waals surface area contributed by atoms with Crippen molar-refractivity contribution in [2.24, 2.45) is 0 Å². The number of nitrogens with zero attached hydrogens (tertiary/aromatic N) is 2. The number of aromatic nitrogens is 2. The van der Waals surface area contributed by atoms with Crippen molar-refractivity contribution in [1.29, 1.82) is 0 Å². The first-order chi connectivity index (χ1) is 9.15. The van der Waals surface area contributed by atoms with Gasteiger partial charge in [0.05, 0.1) is 17.4 Å². The molecule has 0 atom stereocenters. The third kappa shape index (κ3) is 3.77. The van der Waals surface area contributed by atoms with Gasteiger partial charge in [0.1, 0.15) is 5.82 Å². The van der Waals surface area contributed by atoms with E-state index in [1.165, 1.54) is 0 Å². The molecule has 0 bridgehead atoms. The van der Waals surface area contributed by atoms with Crippen molar-refractivity contribution in [1.82, 2.24) is 9.97 Å². The first-order valence-corrected chi connectivity index (χ1v) is 6.09. The van der Waals surface area contributed by atoms with Gasteiger partial charge in [-0.15, -0.1) is 0 Å². The molecule has 0 aliphatic heterocycles. The van der Waals surface area contributed by atoms with E-state index in [4.69, 9.17) is 0 Å². The molecule has 2 aromatic heterocycles. The van der Waals surface area contributed by atoms with Crippen molar-refractivity contribution in [2.75, 3.05) is 10.6 Å². The largest absolute Gasteiger partial charge is 0.368 e. The fraction of sp³-hybridized carbons (Fsp3) is 0.214. The van der Waals surface area contributed by atoms with Crippen LogP contribution in [0.2, 0.25) is 0 Å². The van der Waals surface area contributed by atoms with E-state index in [1.54, 1.807) is 42.9 Å². The number of rotatable bonds is 4. The standard InChI is InChI=1S/C14H16N4O/c1-10(2)17-13-6-5-11(8-16-13)14(19)18-12-4-3-7-15-9-12/h3-10H,1-2H3,(H,16,17)(H,18,19). The number of pyridine rings is 2. The molecule has 1 amide bonds. The predicted octanol–water partition coefficient (Wildman–Crippen LogP) is 2.55. The van der Waals surface area contributed by atoms with Crippen LogP contribution < -0.4 is 10.6 Å². The number of amides is 1. The van der Waals surface area contributed by atoms with Gasteiger partial charge in [0.15, 0.2) is 0 Å². The molecule has 5 heteroatoms. The second kappa shape index (κ2) is 5.95. The highest BCUT2D eigenvalue weighted by Crippen LogP contribution is 2.09. The normalized spacial score (nSPS) is 10.3. The molecule has 0 unspecified atom stereocenters. The van der Waals surface area contributed by atoms with Crippen molar-refractivity contribution >= 4 is 17.4 Å². The highest BCUT2D eigenvalue weighted by molar-refractivity contribution is 6.04. The summed E-state index contributed by atoms with van der Waals surface area (Å²) in [6, 6.07) is 7.39. The summed E-state index contributed by atoms with van der Waals surface area (Å²) in [7, 11) is 0. The Morgan fingerprint density at radius 2 is 2.05 bits per heavy atom. The lowest BCUT2D eigenvalue weighted by Gasteiger charge is -2.09. The third-order valence-electron chi connectivity index (χ3n) is 2.38. The van der Waals surface area contributed by atoms with E-state index in [-0.39, 0.29) is 5.91 Å². The van der Waals surface area contributed by atoms with Crippen LogP contribution in [-0.4, -0.2) is 21.9 Å². The Labute approximate surface area is 112 Å². The van der Waals surface area contributed by atoms with Crippen molar-refractivity contribution in [3.8, 4) is 0 Å². The topological polar surface area (TPSA) is 66.9 Å². The zero-order chi connectivity index (χ0) is 13.7. The molecule has 0 fully saturated rings. The Morgan fingerprint density at radius 3 is 2.63 bits per heavy atom. The van der Waals surface area contributed by atoms with Crippen molar-refractivity contribution in [3.05, 3.63) is 48.4 Å². The minimum Gasteiger partial charge on any atom is -0.368 e. The van der Waals surface area contributed by atoms with Crippen LogP contribution in [0.1, 0.15) is 24.2 Å². The molecule has 0 spiro atoms. The highest BCUT2D eigenvalue weighted by Gasteiger charge is 2.06. The van der Waals surface area contributed by atoms with E-state index in [0.29, 0.717) is 17.3 Å². The number of hydrogen-bond acceptors (Lipinski definition) is 4. The molecule has 0 saturated heterocycles. The minimum atomic E-state index is -0.198. The molecule has 19 heavy (non-hydrogen) atoms. The predicted molar refractivity (Wildman–Crippen MR) is 75.2 cm³/mol. The zero-order valence-corrected chi connectivity index (χ0v) is 10.9. The van der Waals surface area contributed by atoms with Gasteiger partial charge in [-0.05, 0) is 38.1 Å². The molecule has 2 N–H and O–H groups in total. The zero-order valence-electron chi connectivity index (χ0n) is 10.9. The molecule has 98 valence electrons. The van der Waals surface area contributed by atoms with E-state index in [1.807, 2.05) is 13.8 Å². The summed E-state index contributed by atoms with van der Waals surface area (Å²) in [5.74, 6) is 0.560. The summed E-state index contributed by atoms with van der Waals surface area (Å²) in [6.45, 7) is 4.06. The lowest BCUT2D eigenvalue weighted by Crippen LogP contribution is -2.14. The maximum absolute atomic E-state index is 11.9. The second-order valence-electron chi connectivity index (χ2n) is 4.43. The molecular formula is C14H16N4O. The van der Waals surface area contributed by atoms with E-state index in [9.17, 15) is 4.79 Å². The van der Waals surface area contributed by atoms with E-state index in [2.05, 4.69) is 20.6 Å². The lowest BCUT2D eigenvalue weighted by atomic mass is 10.2. The van der Waals surface area contributed by atoms with Crippen molar-refractivity contribution in [3.63, 3.8) is 0 Å². The monoisotopic (exact) mass is 256 g/mol. The van der Waals surface area contributed by atoms with Crippen LogP contribution in [0.4, 0.5) is 11.5 Å². The van der Waals surface area contributed by atoms with Gasteiger partial charge in [0, 0.05) is 18.4 Å². The molecular weight excluding hydrogens is 240 g/mol. The van der Waals surface area contributed by atoms with Crippen molar-refractivity contribution < 1.29 is 4.79 Å². The maximum atomic E-state index is 11.9. The Kier molecular flexibility index (Phi) is 4.07. The van der Waals surface area contributed by atoms with Crippen LogP contribution in [0, 0.1) is 0 Å². The lowest BCUT2D eigenvalue weighted by molar-refractivity contribution is 0.102. The first kappa shape index (κ1) is 13.0. The van der Waals surface area contributed by atoms with Gasteiger partial charge in [-0.1, -0.05) is 0 Å². The van der Waals surface area contributed by atoms with Gasteiger partial charge in [0.2, 0.25) is 0 Å². The maximum Gasteiger partial charge on any atom is 0.257 e. The number of carbonyl (C=O) groups is 1. The highest BCUT2D eigenvalue weighted by atomic mass is 16.1.